The minimum atomic E-state index is -0.119. The minimum Gasteiger partial charge on any atom is -0.493 e. The highest BCUT2D eigenvalue weighted by Gasteiger charge is 2.05. The van der Waals surface area contributed by atoms with Crippen LogP contribution in [0.2, 0.25) is 0 Å². The molecule has 0 unspecified atom stereocenters. The first-order valence-corrected chi connectivity index (χ1v) is 6.76. The van der Waals surface area contributed by atoms with E-state index in [1.165, 1.54) is 11.8 Å². The smallest absolute Gasteiger partial charge is 0.227 e. The van der Waals surface area contributed by atoms with E-state index in [2.05, 4.69) is 16.4 Å². The second kappa shape index (κ2) is 6.74. The molecule has 0 aliphatic heterocycles. The van der Waals surface area contributed by atoms with Crippen molar-refractivity contribution in [1.82, 2.24) is 4.98 Å². The van der Waals surface area contributed by atoms with Crippen LogP contribution >= 0.6 is 0 Å². The van der Waals surface area contributed by atoms with Crippen LogP contribution in [0.4, 0.5) is 11.5 Å². The van der Waals surface area contributed by atoms with Gasteiger partial charge in [0.1, 0.15) is 11.6 Å². The molecule has 0 bridgehead atoms. The standard InChI is InChI=1S/C16H19N3O2/c1-11-3-5-14(12(2)9-11)21-8-7-16(20)19-13-4-6-15(17)18-10-13/h3-6,9-10H,7-8H2,1-2H3,(H2,17,18)(H,19,20). The number of carbonyl (C=O) groups is 1. The molecule has 0 spiro atoms. The summed E-state index contributed by atoms with van der Waals surface area (Å²) in [4.78, 5) is 15.7. The molecule has 1 aromatic carbocycles. The Morgan fingerprint density at radius 1 is 1.29 bits per heavy atom. The average Bonchev–Trinajstić information content (AvgIpc) is 2.44. The summed E-state index contributed by atoms with van der Waals surface area (Å²) in [6, 6.07) is 9.32. The summed E-state index contributed by atoms with van der Waals surface area (Å²) in [5.74, 6) is 1.11. The fraction of sp³-hybridized carbons (Fsp3) is 0.250. The van der Waals surface area contributed by atoms with E-state index in [9.17, 15) is 4.79 Å². The molecule has 1 aromatic heterocycles. The number of anilines is 2. The van der Waals surface area contributed by atoms with Crippen LogP contribution in [0, 0.1) is 13.8 Å². The highest BCUT2D eigenvalue weighted by Crippen LogP contribution is 2.18. The predicted molar refractivity (Wildman–Crippen MR) is 83.3 cm³/mol. The molecule has 5 heteroatoms. The van der Waals surface area contributed by atoms with E-state index < -0.39 is 0 Å². The highest BCUT2D eigenvalue weighted by molar-refractivity contribution is 5.90. The molecule has 0 fully saturated rings. The molecule has 110 valence electrons. The van der Waals surface area contributed by atoms with Crippen LogP contribution in [0.3, 0.4) is 0 Å². The van der Waals surface area contributed by atoms with Crippen LogP contribution in [0.1, 0.15) is 17.5 Å². The topological polar surface area (TPSA) is 77.2 Å². The van der Waals surface area contributed by atoms with Gasteiger partial charge in [0.25, 0.3) is 0 Å². The molecule has 5 nitrogen and oxygen atoms in total. The zero-order valence-corrected chi connectivity index (χ0v) is 12.2. The van der Waals surface area contributed by atoms with Gasteiger partial charge in [0.15, 0.2) is 0 Å². The monoisotopic (exact) mass is 285 g/mol. The van der Waals surface area contributed by atoms with Gasteiger partial charge in [-0.25, -0.2) is 4.98 Å². The maximum Gasteiger partial charge on any atom is 0.227 e. The van der Waals surface area contributed by atoms with Gasteiger partial charge >= 0.3 is 0 Å². The number of hydrogen-bond acceptors (Lipinski definition) is 4. The van der Waals surface area contributed by atoms with E-state index in [1.807, 2.05) is 26.0 Å². The number of rotatable bonds is 5. The number of nitrogens with two attached hydrogens (primary N) is 1. The molecule has 21 heavy (non-hydrogen) atoms. The predicted octanol–water partition coefficient (Wildman–Crippen LogP) is 2.69. The van der Waals surface area contributed by atoms with Crippen LogP contribution in [-0.2, 0) is 4.79 Å². The summed E-state index contributed by atoms with van der Waals surface area (Å²) in [6.07, 6.45) is 1.80. The largest absolute Gasteiger partial charge is 0.493 e. The first-order valence-electron chi connectivity index (χ1n) is 6.76. The molecule has 0 saturated heterocycles. The molecule has 1 heterocycles. The Bertz CT molecular complexity index is 624. The second-order valence-corrected chi connectivity index (χ2v) is 4.89. The number of amides is 1. The Morgan fingerprint density at radius 2 is 2.10 bits per heavy atom. The van der Waals surface area contributed by atoms with E-state index in [4.69, 9.17) is 10.5 Å². The third-order valence-electron chi connectivity index (χ3n) is 2.99. The van der Waals surface area contributed by atoms with Gasteiger partial charge in [-0.3, -0.25) is 4.79 Å². The molecular formula is C16H19N3O2. The van der Waals surface area contributed by atoms with E-state index in [1.54, 1.807) is 12.1 Å². The van der Waals surface area contributed by atoms with Crippen molar-refractivity contribution in [2.24, 2.45) is 0 Å². The Balaban J connectivity index is 1.80. The number of nitrogens with zero attached hydrogens (tertiary/aromatic N) is 1. The van der Waals surface area contributed by atoms with Crippen LogP contribution < -0.4 is 15.8 Å². The highest BCUT2D eigenvalue weighted by atomic mass is 16.5. The summed E-state index contributed by atoms with van der Waals surface area (Å²) in [5, 5.41) is 2.74. The first-order chi connectivity index (χ1) is 10.0. The van der Waals surface area contributed by atoms with Crippen molar-refractivity contribution in [2.45, 2.75) is 20.3 Å². The Labute approximate surface area is 124 Å². The lowest BCUT2D eigenvalue weighted by atomic mass is 10.1. The number of aryl methyl sites for hydroxylation is 2. The zero-order chi connectivity index (χ0) is 15.2. The molecule has 2 aromatic rings. The Kier molecular flexibility index (Phi) is 4.77. The fourth-order valence-electron chi connectivity index (χ4n) is 1.92. The van der Waals surface area contributed by atoms with Crippen molar-refractivity contribution in [2.75, 3.05) is 17.7 Å². The molecule has 0 atom stereocenters. The van der Waals surface area contributed by atoms with Crippen LogP contribution in [-0.4, -0.2) is 17.5 Å². The van der Waals surface area contributed by atoms with E-state index in [0.717, 1.165) is 11.3 Å². The number of hydrogen-bond donors (Lipinski definition) is 2. The SMILES string of the molecule is Cc1ccc(OCCC(=O)Nc2ccc(N)nc2)c(C)c1. The summed E-state index contributed by atoms with van der Waals surface area (Å²) in [5.41, 5.74) is 8.36. The molecule has 0 aliphatic carbocycles. The first kappa shape index (κ1) is 14.8. The summed E-state index contributed by atoms with van der Waals surface area (Å²) in [6.45, 7) is 4.35. The second-order valence-electron chi connectivity index (χ2n) is 4.89. The molecule has 3 N–H and O–H groups in total. The molecule has 0 aliphatic rings. The maximum absolute atomic E-state index is 11.8. The van der Waals surface area contributed by atoms with Gasteiger partial charge in [0, 0.05) is 0 Å². The van der Waals surface area contributed by atoms with E-state index in [0.29, 0.717) is 18.1 Å². The number of ether oxygens (including phenoxy) is 1. The Morgan fingerprint density at radius 3 is 2.76 bits per heavy atom. The summed E-state index contributed by atoms with van der Waals surface area (Å²) >= 11 is 0. The van der Waals surface area contributed by atoms with Gasteiger partial charge in [-0.1, -0.05) is 17.7 Å². The number of benzene rings is 1. The van der Waals surface area contributed by atoms with E-state index in [-0.39, 0.29) is 12.3 Å². The van der Waals surface area contributed by atoms with Gasteiger partial charge in [-0.05, 0) is 37.6 Å². The lowest BCUT2D eigenvalue weighted by Crippen LogP contribution is -2.15. The third kappa shape index (κ3) is 4.49. The normalized spacial score (nSPS) is 10.2. The van der Waals surface area contributed by atoms with Gasteiger partial charge < -0.3 is 15.8 Å². The lowest BCUT2D eigenvalue weighted by molar-refractivity contribution is -0.116. The fourth-order valence-corrected chi connectivity index (χ4v) is 1.92. The number of aromatic nitrogens is 1. The van der Waals surface area contributed by atoms with Crippen molar-refractivity contribution in [3.05, 3.63) is 47.7 Å². The van der Waals surface area contributed by atoms with Crippen molar-refractivity contribution >= 4 is 17.4 Å². The van der Waals surface area contributed by atoms with Crippen LogP contribution in [0.5, 0.6) is 5.75 Å². The molecule has 0 saturated carbocycles. The maximum atomic E-state index is 11.8. The van der Waals surface area contributed by atoms with Crippen molar-refractivity contribution in [3.63, 3.8) is 0 Å². The summed E-state index contributed by atoms with van der Waals surface area (Å²) in [7, 11) is 0. The minimum absolute atomic E-state index is 0.119. The number of nitrogen functional groups attached to an aromatic ring is 1. The van der Waals surface area contributed by atoms with Gasteiger partial charge in [-0.15, -0.1) is 0 Å². The van der Waals surface area contributed by atoms with Crippen molar-refractivity contribution < 1.29 is 9.53 Å². The van der Waals surface area contributed by atoms with Crippen LogP contribution in [0.15, 0.2) is 36.5 Å². The molecule has 1 amide bonds. The van der Waals surface area contributed by atoms with Gasteiger partial charge in [0.2, 0.25) is 5.91 Å². The molecule has 0 radical (unpaired) electrons. The lowest BCUT2D eigenvalue weighted by Gasteiger charge is -2.10. The number of carbonyl (C=O) groups excluding carboxylic acids is 1. The zero-order valence-electron chi connectivity index (χ0n) is 12.2. The summed E-state index contributed by atoms with van der Waals surface area (Å²) < 4.78 is 5.62. The molecular weight excluding hydrogens is 266 g/mol. The average molecular weight is 285 g/mol. The number of pyridine rings is 1. The van der Waals surface area contributed by atoms with Gasteiger partial charge in [-0.2, -0.15) is 0 Å². The Hall–Kier alpha value is -2.56. The third-order valence-corrected chi connectivity index (χ3v) is 2.99. The quantitative estimate of drug-likeness (QED) is 0.885. The molecule has 2 rings (SSSR count). The van der Waals surface area contributed by atoms with Crippen molar-refractivity contribution in [3.8, 4) is 5.75 Å². The van der Waals surface area contributed by atoms with Crippen LogP contribution in [0.25, 0.3) is 0 Å². The van der Waals surface area contributed by atoms with Gasteiger partial charge in [0.05, 0.1) is 24.9 Å². The number of nitrogens with one attached hydrogen (secondary N) is 1. The van der Waals surface area contributed by atoms with E-state index >= 15 is 0 Å². The van der Waals surface area contributed by atoms with Crippen molar-refractivity contribution in [1.29, 1.82) is 0 Å².